The number of carbonyl (C=O) groups is 2. The Kier molecular flexibility index (Phi) is 4.89. The first kappa shape index (κ1) is 14.2. The number of aryl methyl sites for hydroxylation is 1. The third-order valence-electron chi connectivity index (χ3n) is 2.87. The SMILES string of the molecule is CCCc1ccc(C(=O)O)c(C(=O)O)c1CCC. The van der Waals surface area contributed by atoms with Gasteiger partial charge in [-0.05, 0) is 30.0 Å². The van der Waals surface area contributed by atoms with Crippen molar-refractivity contribution in [2.45, 2.75) is 39.5 Å². The van der Waals surface area contributed by atoms with Gasteiger partial charge >= 0.3 is 11.9 Å². The summed E-state index contributed by atoms with van der Waals surface area (Å²) in [6.45, 7) is 3.97. The van der Waals surface area contributed by atoms with Gasteiger partial charge < -0.3 is 10.2 Å². The van der Waals surface area contributed by atoms with Gasteiger partial charge in [0.15, 0.2) is 0 Å². The first-order valence-corrected chi connectivity index (χ1v) is 6.14. The second-order valence-corrected chi connectivity index (χ2v) is 4.24. The van der Waals surface area contributed by atoms with E-state index in [1.54, 1.807) is 6.07 Å². The van der Waals surface area contributed by atoms with Crippen molar-refractivity contribution in [3.63, 3.8) is 0 Å². The molecular formula is C14H18O4. The van der Waals surface area contributed by atoms with Gasteiger partial charge in [0.25, 0.3) is 0 Å². The van der Waals surface area contributed by atoms with Crippen LogP contribution in [0.2, 0.25) is 0 Å². The molecule has 2 N–H and O–H groups in total. The molecule has 0 amide bonds. The van der Waals surface area contributed by atoms with E-state index >= 15 is 0 Å². The van der Waals surface area contributed by atoms with Crippen LogP contribution < -0.4 is 0 Å². The molecule has 0 heterocycles. The van der Waals surface area contributed by atoms with Crippen LogP contribution in [0.5, 0.6) is 0 Å². The molecule has 0 aliphatic carbocycles. The molecule has 1 aromatic carbocycles. The van der Waals surface area contributed by atoms with Crippen LogP contribution in [-0.4, -0.2) is 22.2 Å². The molecule has 0 saturated heterocycles. The number of carboxylic acids is 2. The fraction of sp³-hybridized carbons (Fsp3) is 0.429. The highest BCUT2D eigenvalue weighted by Crippen LogP contribution is 2.23. The van der Waals surface area contributed by atoms with Crippen molar-refractivity contribution in [3.05, 3.63) is 34.4 Å². The van der Waals surface area contributed by atoms with Crippen LogP contribution in [0.25, 0.3) is 0 Å². The molecule has 0 aromatic heterocycles. The molecule has 4 nitrogen and oxygen atoms in total. The largest absolute Gasteiger partial charge is 0.478 e. The maximum atomic E-state index is 11.3. The van der Waals surface area contributed by atoms with Crippen molar-refractivity contribution in [1.82, 2.24) is 0 Å². The fourth-order valence-electron chi connectivity index (χ4n) is 2.15. The van der Waals surface area contributed by atoms with E-state index in [0.717, 1.165) is 24.8 Å². The first-order valence-electron chi connectivity index (χ1n) is 6.14. The lowest BCUT2D eigenvalue weighted by molar-refractivity contribution is 0.0650. The Labute approximate surface area is 106 Å². The van der Waals surface area contributed by atoms with Gasteiger partial charge in [-0.3, -0.25) is 0 Å². The van der Waals surface area contributed by atoms with Gasteiger partial charge in [0.1, 0.15) is 0 Å². The Morgan fingerprint density at radius 3 is 2.06 bits per heavy atom. The molecule has 0 aliphatic heterocycles. The minimum atomic E-state index is -1.19. The number of rotatable bonds is 6. The average molecular weight is 250 g/mol. The minimum absolute atomic E-state index is 0.0460. The molecule has 0 saturated carbocycles. The summed E-state index contributed by atoms with van der Waals surface area (Å²) >= 11 is 0. The lowest BCUT2D eigenvalue weighted by atomic mass is 9.91. The predicted molar refractivity (Wildman–Crippen MR) is 68.4 cm³/mol. The Morgan fingerprint density at radius 2 is 1.61 bits per heavy atom. The minimum Gasteiger partial charge on any atom is -0.478 e. The monoisotopic (exact) mass is 250 g/mol. The van der Waals surface area contributed by atoms with Gasteiger partial charge in [-0.2, -0.15) is 0 Å². The molecular weight excluding hydrogens is 232 g/mol. The summed E-state index contributed by atoms with van der Waals surface area (Å²) in [5.74, 6) is -2.35. The smallest absolute Gasteiger partial charge is 0.336 e. The number of benzene rings is 1. The average Bonchev–Trinajstić information content (AvgIpc) is 2.30. The molecule has 0 aliphatic rings. The van der Waals surface area contributed by atoms with Gasteiger partial charge in [-0.1, -0.05) is 32.8 Å². The summed E-state index contributed by atoms with van der Waals surface area (Å²) in [5, 5.41) is 18.3. The van der Waals surface area contributed by atoms with Crippen LogP contribution in [0.1, 0.15) is 58.5 Å². The van der Waals surface area contributed by atoms with E-state index in [0.29, 0.717) is 12.0 Å². The molecule has 1 aromatic rings. The van der Waals surface area contributed by atoms with Crippen molar-refractivity contribution in [3.8, 4) is 0 Å². The van der Waals surface area contributed by atoms with Crippen LogP contribution in [0.15, 0.2) is 12.1 Å². The van der Waals surface area contributed by atoms with E-state index in [1.807, 2.05) is 13.8 Å². The van der Waals surface area contributed by atoms with Crippen LogP contribution in [0, 0.1) is 0 Å². The van der Waals surface area contributed by atoms with Crippen LogP contribution in [0.4, 0.5) is 0 Å². The topological polar surface area (TPSA) is 74.6 Å². The molecule has 0 spiro atoms. The standard InChI is InChI=1S/C14H18O4/c1-3-5-9-7-8-11(13(15)16)12(14(17)18)10(9)6-4-2/h7-8H,3-6H2,1-2H3,(H,15,16)(H,17,18). The lowest BCUT2D eigenvalue weighted by Gasteiger charge is -2.13. The van der Waals surface area contributed by atoms with E-state index in [2.05, 4.69) is 0 Å². The highest BCUT2D eigenvalue weighted by molar-refractivity contribution is 6.03. The highest BCUT2D eigenvalue weighted by Gasteiger charge is 2.21. The second-order valence-electron chi connectivity index (χ2n) is 4.24. The third-order valence-corrected chi connectivity index (χ3v) is 2.87. The van der Waals surface area contributed by atoms with Crippen LogP contribution in [-0.2, 0) is 12.8 Å². The number of hydrogen-bond donors (Lipinski definition) is 2. The Morgan fingerprint density at radius 1 is 1.00 bits per heavy atom. The Hall–Kier alpha value is -1.84. The third kappa shape index (κ3) is 2.88. The van der Waals surface area contributed by atoms with Crippen LogP contribution in [0.3, 0.4) is 0 Å². The molecule has 0 fully saturated rings. The van der Waals surface area contributed by atoms with E-state index in [1.165, 1.54) is 6.07 Å². The van der Waals surface area contributed by atoms with Gasteiger partial charge in [0.05, 0.1) is 11.1 Å². The summed E-state index contributed by atoms with van der Waals surface area (Å²) < 4.78 is 0. The van der Waals surface area contributed by atoms with Crippen molar-refractivity contribution < 1.29 is 19.8 Å². The maximum Gasteiger partial charge on any atom is 0.336 e. The first-order chi connectivity index (χ1) is 8.52. The number of carboxylic acid groups (broad SMARTS) is 2. The maximum absolute atomic E-state index is 11.3. The van der Waals surface area contributed by atoms with Gasteiger partial charge in [-0.15, -0.1) is 0 Å². The van der Waals surface area contributed by atoms with Crippen molar-refractivity contribution in [2.24, 2.45) is 0 Å². The lowest BCUT2D eigenvalue weighted by Crippen LogP contribution is -2.13. The summed E-state index contributed by atoms with van der Waals surface area (Å²) in [7, 11) is 0. The van der Waals surface area contributed by atoms with E-state index < -0.39 is 11.9 Å². The zero-order valence-corrected chi connectivity index (χ0v) is 10.7. The number of hydrogen-bond acceptors (Lipinski definition) is 2. The van der Waals surface area contributed by atoms with Gasteiger partial charge in [-0.25, -0.2) is 9.59 Å². The normalized spacial score (nSPS) is 10.3. The fourth-order valence-corrected chi connectivity index (χ4v) is 2.15. The van der Waals surface area contributed by atoms with Gasteiger partial charge in [0, 0.05) is 0 Å². The van der Waals surface area contributed by atoms with Gasteiger partial charge in [0.2, 0.25) is 0 Å². The quantitative estimate of drug-likeness (QED) is 0.813. The Balaban J connectivity index is 3.48. The summed E-state index contributed by atoms with van der Waals surface area (Å²) in [6.07, 6.45) is 3.07. The molecule has 1 rings (SSSR count). The molecule has 0 atom stereocenters. The van der Waals surface area contributed by atoms with Crippen LogP contribution >= 0.6 is 0 Å². The second kappa shape index (κ2) is 6.19. The molecule has 0 radical (unpaired) electrons. The van der Waals surface area contributed by atoms with Crippen molar-refractivity contribution >= 4 is 11.9 Å². The van der Waals surface area contributed by atoms with E-state index in [9.17, 15) is 14.7 Å². The van der Waals surface area contributed by atoms with E-state index in [-0.39, 0.29) is 11.1 Å². The van der Waals surface area contributed by atoms with E-state index in [4.69, 9.17) is 5.11 Å². The number of aromatic carboxylic acids is 2. The predicted octanol–water partition coefficient (Wildman–Crippen LogP) is 2.99. The zero-order valence-electron chi connectivity index (χ0n) is 10.7. The Bertz CT molecular complexity index is 463. The molecule has 4 heteroatoms. The molecule has 18 heavy (non-hydrogen) atoms. The van der Waals surface area contributed by atoms with Crippen molar-refractivity contribution in [1.29, 1.82) is 0 Å². The summed E-state index contributed by atoms with van der Waals surface area (Å²) in [4.78, 5) is 22.4. The summed E-state index contributed by atoms with van der Waals surface area (Å²) in [6, 6.07) is 3.14. The highest BCUT2D eigenvalue weighted by atomic mass is 16.4. The molecule has 98 valence electrons. The van der Waals surface area contributed by atoms with Crippen molar-refractivity contribution in [2.75, 3.05) is 0 Å². The zero-order chi connectivity index (χ0) is 13.7. The molecule has 0 unspecified atom stereocenters. The molecule has 0 bridgehead atoms. The summed E-state index contributed by atoms with van der Waals surface area (Å²) in [5.41, 5.74) is 1.45.